The third-order valence-corrected chi connectivity index (χ3v) is 6.33. The highest BCUT2D eigenvalue weighted by Crippen LogP contribution is 2.23. The number of aromatic nitrogens is 2. The number of carbonyl (C=O) groups excluding carboxylic acids is 1. The third kappa shape index (κ3) is 5.14. The maximum Gasteiger partial charge on any atom is 0.244 e. The number of amides is 1. The van der Waals surface area contributed by atoms with Gasteiger partial charge in [-0.3, -0.25) is 9.10 Å². The summed E-state index contributed by atoms with van der Waals surface area (Å²) < 4.78 is 28.3. The minimum atomic E-state index is -3.66. The van der Waals surface area contributed by atoms with Crippen LogP contribution >= 0.6 is 0 Å². The first kappa shape index (κ1) is 22.6. The Bertz CT molecular complexity index is 1150. The summed E-state index contributed by atoms with van der Waals surface area (Å²) >= 11 is 0. The van der Waals surface area contributed by atoms with Crippen LogP contribution in [0.25, 0.3) is 5.69 Å². The molecule has 0 radical (unpaired) electrons. The van der Waals surface area contributed by atoms with Crippen LogP contribution in [-0.2, 0) is 21.4 Å². The molecular weight excluding hydrogens is 412 g/mol. The monoisotopic (exact) mass is 440 g/mol. The number of para-hydroxylation sites is 1. The van der Waals surface area contributed by atoms with Gasteiger partial charge in [-0.2, -0.15) is 0 Å². The Morgan fingerprint density at radius 2 is 1.81 bits per heavy atom. The van der Waals surface area contributed by atoms with Crippen LogP contribution in [0.1, 0.15) is 30.3 Å². The molecule has 31 heavy (non-hydrogen) atoms. The van der Waals surface area contributed by atoms with Crippen LogP contribution in [0, 0.1) is 13.8 Å². The minimum absolute atomic E-state index is 0.272. The van der Waals surface area contributed by atoms with Gasteiger partial charge in [0.2, 0.25) is 15.9 Å². The van der Waals surface area contributed by atoms with E-state index in [2.05, 4.69) is 10.3 Å². The molecule has 1 unspecified atom stereocenters. The van der Waals surface area contributed by atoms with Crippen LogP contribution in [0.3, 0.4) is 0 Å². The molecule has 1 aromatic heterocycles. The smallest absolute Gasteiger partial charge is 0.244 e. The number of sulfonamides is 1. The van der Waals surface area contributed by atoms with E-state index in [1.165, 1.54) is 4.31 Å². The van der Waals surface area contributed by atoms with E-state index in [9.17, 15) is 13.2 Å². The van der Waals surface area contributed by atoms with E-state index in [1.54, 1.807) is 25.3 Å². The summed E-state index contributed by atoms with van der Waals surface area (Å²) in [5.41, 5.74) is 3.32. The summed E-state index contributed by atoms with van der Waals surface area (Å²) in [4.78, 5) is 17.4. The Labute approximate surface area is 183 Å². The predicted octanol–water partition coefficient (Wildman–Crippen LogP) is 3.35. The highest BCUT2D eigenvalue weighted by molar-refractivity contribution is 7.92. The van der Waals surface area contributed by atoms with Gasteiger partial charge in [-0.25, -0.2) is 13.4 Å². The van der Waals surface area contributed by atoms with Crippen LogP contribution in [0.2, 0.25) is 0 Å². The number of hydrogen-bond donors (Lipinski definition) is 1. The zero-order chi connectivity index (χ0) is 22.6. The Balaban J connectivity index is 1.85. The van der Waals surface area contributed by atoms with Gasteiger partial charge in [0.05, 0.1) is 17.6 Å². The second-order valence-corrected chi connectivity index (χ2v) is 9.37. The zero-order valence-corrected chi connectivity index (χ0v) is 19.1. The van der Waals surface area contributed by atoms with Crippen molar-refractivity contribution in [3.63, 3.8) is 0 Å². The van der Waals surface area contributed by atoms with Gasteiger partial charge in [0.15, 0.2) is 0 Å². The topological polar surface area (TPSA) is 84.3 Å². The van der Waals surface area contributed by atoms with Crippen LogP contribution in [0.5, 0.6) is 0 Å². The zero-order valence-electron chi connectivity index (χ0n) is 18.2. The van der Waals surface area contributed by atoms with Gasteiger partial charge in [-0.1, -0.05) is 42.8 Å². The summed E-state index contributed by atoms with van der Waals surface area (Å²) in [6.07, 6.45) is 5.06. The first-order chi connectivity index (χ1) is 14.7. The fraction of sp³-hybridized carbons (Fsp3) is 0.304. The maximum absolute atomic E-state index is 13.1. The molecule has 2 aromatic carbocycles. The summed E-state index contributed by atoms with van der Waals surface area (Å²) in [6.45, 7) is 5.92. The van der Waals surface area contributed by atoms with Gasteiger partial charge in [0.25, 0.3) is 0 Å². The Morgan fingerprint density at radius 3 is 2.39 bits per heavy atom. The highest BCUT2D eigenvalue weighted by Gasteiger charge is 2.31. The molecule has 1 atom stereocenters. The van der Waals surface area contributed by atoms with Crippen molar-refractivity contribution >= 4 is 21.6 Å². The molecule has 1 amide bonds. The molecule has 7 nitrogen and oxygen atoms in total. The fourth-order valence-electron chi connectivity index (χ4n) is 3.58. The highest BCUT2D eigenvalue weighted by atomic mass is 32.2. The summed E-state index contributed by atoms with van der Waals surface area (Å²) in [6, 6.07) is 14.0. The van der Waals surface area contributed by atoms with Crippen molar-refractivity contribution < 1.29 is 13.2 Å². The lowest BCUT2D eigenvalue weighted by Gasteiger charge is -2.30. The molecule has 0 aliphatic heterocycles. The lowest BCUT2D eigenvalue weighted by Crippen LogP contribution is -2.49. The Hall–Kier alpha value is -3.13. The van der Waals surface area contributed by atoms with Crippen LogP contribution in [0.4, 0.5) is 5.69 Å². The lowest BCUT2D eigenvalue weighted by atomic mass is 10.1. The molecule has 3 aromatic rings. The average Bonchev–Trinajstić information content (AvgIpc) is 3.16. The average molecular weight is 441 g/mol. The van der Waals surface area contributed by atoms with Gasteiger partial charge in [-0.05, 0) is 44.0 Å². The molecule has 8 heteroatoms. The van der Waals surface area contributed by atoms with Crippen molar-refractivity contribution in [2.75, 3.05) is 10.6 Å². The quantitative estimate of drug-likeness (QED) is 0.582. The van der Waals surface area contributed by atoms with Crippen molar-refractivity contribution in [2.24, 2.45) is 0 Å². The number of carbonyl (C=O) groups is 1. The van der Waals surface area contributed by atoms with E-state index in [0.29, 0.717) is 12.1 Å². The summed E-state index contributed by atoms with van der Waals surface area (Å²) in [5.74, 6) is 0.499. The van der Waals surface area contributed by atoms with Gasteiger partial charge in [-0.15, -0.1) is 0 Å². The normalized spacial score (nSPS) is 12.4. The molecule has 164 valence electrons. The molecular formula is C23H28N4O3S. The van der Waals surface area contributed by atoms with Crippen molar-refractivity contribution in [3.05, 3.63) is 77.9 Å². The molecule has 0 aliphatic carbocycles. The van der Waals surface area contributed by atoms with E-state index in [-0.39, 0.29) is 12.5 Å². The number of nitrogens with one attached hydrogen (secondary N) is 1. The first-order valence-corrected chi connectivity index (χ1v) is 12.0. The SMILES string of the molecule is CCC(C(=O)NCc1ccccc1-n1ccnc1C)N(c1ccc(C)cc1)S(C)(=O)=O. The fourth-order valence-corrected chi connectivity index (χ4v) is 4.79. The van der Waals surface area contributed by atoms with Crippen LogP contribution < -0.4 is 9.62 Å². The molecule has 0 aliphatic rings. The Morgan fingerprint density at radius 1 is 1.13 bits per heavy atom. The molecule has 0 saturated heterocycles. The molecule has 3 rings (SSSR count). The van der Waals surface area contributed by atoms with Crippen LogP contribution in [0.15, 0.2) is 60.9 Å². The molecule has 0 saturated carbocycles. The van der Waals surface area contributed by atoms with E-state index >= 15 is 0 Å². The number of imidazole rings is 1. The van der Waals surface area contributed by atoms with Crippen molar-refractivity contribution in [1.82, 2.24) is 14.9 Å². The molecule has 0 spiro atoms. The molecule has 0 bridgehead atoms. The minimum Gasteiger partial charge on any atom is -0.350 e. The Kier molecular flexibility index (Phi) is 6.80. The largest absolute Gasteiger partial charge is 0.350 e. The number of benzene rings is 2. The standard InChI is InChI=1S/C23H28N4O3S/c1-5-21(27(31(4,29)30)20-12-10-17(2)11-13-20)23(28)25-16-19-8-6-7-9-22(19)26-15-14-24-18(26)3/h6-15,21H,5,16H2,1-4H3,(H,25,28). The number of anilines is 1. The van der Waals surface area contributed by atoms with Gasteiger partial charge in [0, 0.05) is 18.9 Å². The van der Waals surface area contributed by atoms with Crippen molar-refractivity contribution in [3.8, 4) is 5.69 Å². The maximum atomic E-state index is 13.1. The number of nitrogens with zero attached hydrogens (tertiary/aromatic N) is 3. The number of aryl methyl sites for hydroxylation is 2. The number of rotatable bonds is 8. The second-order valence-electron chi connectivity index (χ2n) is 7.51. The van der Waals surface area contributed by atoms with E-state index in [1.807, 2.05) is 61.0 Å². The van der Waals surface area contributed by atoms with Gasteiger partial charge >= 0.3 is 0 Å². The predicted molar refractivity (Wildman–Crippen MR) is 123 cm³/mol. The van der Waals surface area contributed by atoms with Gasteiger partial charge in [0.1, 0.15) is 11.9 Å². The van der Waals surface area contributed by atoms with Gasteiger partial charge < -0.3 is 9.88 Å². The van der Waals surface area contributed by atoms with Crippen LogP contribution in [-0.4, -0.2) is 36.2 Å². The van der Waals surface area contributed by atoms with Crippen molar-refractivity contribution in [2.45, 2.75) is 39.8 Å². The number of hydrogen-bond acceptors (Lipinski definition) is 4. The summed E-state index contributed by atoms with van der Waals surface area (Å²) in [7, 11) is -3.66. The van der Waals surface area contributed by atoms with E-state index in [0.717, 1.165) is 28.9 Å². The first-order valence-electron chi connectivity index (χ1n) is 10.1. The molecule has 1 N–H and O–H groups in total. The van der Waals surface area contributed by atoms with E-state index in [4.69, 9.17) is 0 Å². The second kappa shape index (κ2) is 9.34. The molecule has 0 fully saturated rings. The third-order valence-electron chi connectivity index (χ3n) is 5.15. The molecule has 1 heterocycles. The summed E-state index contributed by atoms with van der Waals surface area (Å²) in [5, 5.41) is 2.93. The lowest BCUT2D eigenvalue weighted by molar-refractivity contribution is -0.122. The van der Waals surface area contributed by atoms with E-state index < -0.39 is 16.1 Å². The van der Waals surface area contributed by atoms with Crippen molar-refractivity contribution in [1.29, 1.82) is 0 Å².